The minimum atomic E-state index is -0.502. The van der Waals surface area contributed by atoms with Crippen LogP contribution in [0.15, 0.2) is 42.5 Å². The minimum absolute atomic E-state index is 0.342. The van der Waals surface area contributed by atoms with Crippen molar-refractivity contribution in [1.29, 1.82) is 0 Å². The van der Waals surface area contributed by atoms with Gasteiger partial charge in [-0.3, -0.25) is 0 Å². The third-order valence-corrected chi connectivity index (χ3v) is 4.15. The second kappa shape index (κ2) is 4.53. The van der Waals surface area contributed by atoms with E-state index in [9.17, 15) is 5.11 Å². The van der Waals surface area contributed by atoms with Crippen LogP contribution in [0.4, 0.5) is 0 Å². The van der Waals surface area contributed by atoms with E-state index in [-0.39, 0.29) is 0 Å². The first-order valence-electron chi connectivity index (χ1n) is 6.96. The van der Waals surface area contributed by atoms with Gasteiger partial charge in [-0.2, -0.15) is 0 Å². The van der Waals surface area contributed by atoms with Crippen molar-refractivity contribution >= 4 is 0 Å². The largest absolute Gasteiger partial charge is 0.493 e. The van der Waals surface area contributed by atoms with Crippen molar-refractivity contribution in [3.05, 3.63) is 59.2 Å². The van der Waals surface area contributed by atoms with Gasteiger partial charge in [0.25, 0.3) is 0 Å². The molecule has 0 saturated carbocycles. The zero-order valence-electron chi connectivity index (χ0n) is 11.1. The molecular formula is C17H16O3. The molecule has 1 aliphatic heterocycles. The lowest BCUT2D eigenvalue weighted by atomic mass is 9.78. The van der Waals surface area contributed by atoms with Crippen molar-refractivity contribution in [3.8, 4) is 11.5 Å². The predicted octanol–water partition coefficient (Wildman–Crippen LogP) is 2.83. The fourth-order valence-corrected chi connectivity index (χ4v) is 2.97. The summed E-state index contributed by atoms with van der Waals surface area (Å²) in [6, 6.07) is 14.2. The summed E-state index contributed by atoms with van der Waals surface area (Å²) in [7, 11) is 0. The van der Waals surface area contributed by atoms with Crippen LogP contribution in [-0.2, 0) is 6.42 Å². The van der Waals surface area contributed by atoms with E-state index in [1.807, 2.05) is 18.2 Å². The van der Waals surface area contributed by atoms with Gasteiger partial charge in [-0.15, -0.1) is 0 Å². The Kier molecular flexibility index (Phi) is 2.67. The zero-order valence-corrected chi connectivity index (χ0v) is 11.1. The van der Waals surface area contributed by atoms with Crippen LogP contribution in [0.1, 0.15) is 28.7 Å². The lowest BCUT2D eigenvalue weighted by Gasteiger charge is -2.29. The topological polar surface area (TPSA) is 38.7 Å². The molecule has 0 amide bonds. The monoisotopic (exact) mass is 268 g/mol. The second-order valence-electron chi connectivity index (χ2n) is 5.44. The molecule has 0 saturated heterocycles. The van der Waals surface area contributed by atoms with Crippen LogP contribution in [-0.4, -0.2) is 18.3 Å². The molecule has 2 atom stereocenters. The van der Waals surface area contributed by atoms with E-state index in [2.05, 4.69) is 24.3 Å². The summed E-state index contributed by atoms with van der Waals surface area (Å²) in [5, 5.41) is 9.68. The van der Waals surface area contributed by atoms with Crippen molar-refractivity contribution in [2.45, 2.75) is 18.4 Å². The van der Waals surface area contributed by atoms with E-state index in [4.69, 9.17) is 9.47 Å². The highest BCUT2D eigenvalue weighted by atomic mass is 16.5. The molecule has 20 heavy (non-hydrogen) atoms. The van der Waals surface area contributed by atoms with Gasteiger partial charge in [-0.25, -0.2) is 0 Å². The molecule has 2 aliphatic rings. The summed E-state index contributed by atoms with van der Waals surface area (Å²) >= 11 is 0. The van der Waals surface area contributed by atoms with Gasteiger partial charge in [0.05, 0.1) is 6.61 Å². The van der Waals surface area contributed by atoms with Gasteiger partial charge in [-0.1, -0.05) is 24.3 Å². The molecule has 3 heteroatoms. The Morgan fingerprint density at radius 2 is 2.05 bits per heavy atom. The van der Waals surface area contributed by atoms with Crippen LogP contribution in [0.5, 0.6) is 11.5 Å². The molecule has 1 aliphatic carbocycles. The van der Waals surface area contributed by atoms with Crippen molar-refractivity contribution in [3.63, 3.8) is 0 Å². The zero-order chi connectivity index (χ0) is 13.5. The molecule has 3 nitrogen and oxygen atoms in total. The number of ether oxygens (including phenoxy) is 2. The predicted molar refractivity (Wildman–Crippen MR) is 75.3 cm³/mol. The van der Waals surface area contributed by atoms with Crippen LogP contribution in [0.25, 0.3) is 0 Å². The normalized spacial score (nSPS) is 22.4. The molecular weight excluding hydrogens is 252 g/mol. The maximum Gasteiger partial charge on any atom is 0.129 e. The summed E-state index contributed by atoms with van der Waals surface area (Å²) in [4.78, 5) is 0. The van der Waals surface area contributed by atoms with Crippen molar-refractivity contribution < 1.29 is 14.6 Å². The van der Waals surface area contributed by atoms with Gasteiger partial charge in [0, 0.05) is 17.5 Å². The molecule has 2 aromatic rings. The molecule has 2 aromatic carbocycles. The third-order valence-electron chi connectivity index (χ3n) is 4.15. The van der Waals surface area contributed by atoms with Crippen LogP contribution < -0.4 is 9.47 Å². The fourth-order valence-electron chi connectivity index (χ4n) is 2.97. The summed E-state index contributed by atoms with van der Waals surface area (Å²) < 4.78 is 11.3. The Morgan fingerprint density at radius 1 is 1.15 bits per heavy atom. The van der Waals surface area contributed by atoms with Gasteiger partial charge in [0.2, 0.25) is 0 Å². The molecule has 0 spiro atoms. The van der Waals surface area contributed by atoms with Crippen LogP contribution in [0.3, 0.4) is 0 Å². The molecule has 4 rings (SSSR count). The Bertz CT molecular complexity index is 650. The highest BCUT2D eigenvalue weighted by molar-refractivity contribution is 5.44. The van der Waals surface area contributed by atoms with E-state index < -0.39 is 6.10 Å². The number of fused-ring (bicyclic) bond motifs is 2. The van der Waals surface area contributed by atoms with Gasteiger partial charge in [-0.05, 0) is 29.7 Å². The molecule has 1 N–H and O–H groups in total. The molecule has 0 fully saturated rings. The summed E-state index contributed by atoms with van der Waals surface area (Å²) in [6.07, 6.45) is 0.591. The number of hydrogen-bond acceptors (Lipinski definition) is 3. The van der Waals surface area contributed by atoms with Crippen LogP contribution in [0, 0.1) is 0 Å². The van der Waals surface area contributed by atoms with E-state index >= 15 is 0 Å². The van der Waals surface area contributed by atoms with E-state index in [1.165, 1.54) is 11.1 Å². The number of hydrogen-bond donors (Lipinski definition) is 1. The fraction of sp³-hybridized carbons (Fsp3) is 0.294. The lowest BCUT2D eigenvalue weighted by molar-refractivity contribution is 0.140. The van der Waals surface area contributed by atoms with Gasteiger partial charge >= 0.3 is 0 Å². The molecule has 102 valence electrons. The maximum atomic E-state index is 9.68. The van der Waals surface area contributed by atoms with Crippen molar-refractivity contribution in [2.75, 3.05) is 13.2 Å². The maximum absolute atomic E-state index is 9.68. The summed E-state index contributed by atoms with van der Waals surface area (Å²) in [5.74, 6) is 2.04. The Morgan fingerprint density at radius 3 is 2.95 bits per heavy atom. The molecule has 1 heterocycles. The average Bonchev–Trinajstić information content (AvgIpc) is 2.81. The molecule has 2 unspecified atom stereocenters. The molecule has 0 bridgehead atoms. The Balaban J connectivity index is 1.44. The van der Waals surface area contributed by atoms with E-state index in [1.54, 1.807) is 0 Å². The van der Waals surface area contributed by atoms with Gasteiger partial charge in [0.15, 0.2) is 0 Å². The first-order chi connectivity index (χ1) is 9.81. The van der Waals surface area contributed by atoms with Crippen LogP contribution >= 0.6 is 0 Å². The average molecular weight is 268 g/mol. The quantitative estimate of drug-likeness (QED) is 0.930. The SMILES string of the molecule is OC1COc2cc(OCC3Cc4ccccc43)ccc21. The second-order valence-corrected chi connectivity index (χ2v) is 5.44. The van der Waals surface area contributed by atoms with Crippen LogP contribution in [0.2, 0.25) is 0 Å². The summed E-state index contributed by atoms with van der Waals surface area (Å²) in [5.41, 5.74) is 3.69. The molecule has 0 radical (unpaired) electrons. The first kappa shape index (κ1) is 11.8. The highest BCUT2D eigenvalue weighted by Crippen LogP contribution is 2.37. The Labute approximate surface area is 117 Å². The van der Waals surface area contributed by atoms with Gasteiger partial charge in [0.1, 0.15) is 24.2 Å². The van der Waals surface area contributed by atoms with E-state index in [0.29, 0.717) is 19.1 Å². The summed E-state index contributed by atoms with van der Waals surface area (Å²) in [6.45, 7) is 1.03. The highest BCUT2D eigenvalue weighted by Gasteiger charge is 2.26. The number of aliphatic hydroxyl groups is 1. The third kappa shape index (κ3) is 1.86. The minimum Gasteiger partial charge on any atom is -0.493 e. The van der Waals surface area contributed by atoms with Crippen molar-refractivity contribution in [1.82, 2.24) is 0 Å². The lowest BCUT2D eigenvalue weighted by Crippen LogP contribution is -2.23. The van der Waals surface area contributed by atoms with E-state index in [0.717, 1.165) is 23.5 Å². The molecule has 0 aromatic heterocycles. The number of aliphatic hydroxyl groups excluding tert-OH is 1. The van der Waals surface area contributed by atoms with Gasteiger partial charge < -0.3 is 14.6 Å². The van der Waals surface area contributed by atoms with Crippen molar-refractivity contribution in [2.24, 2.45) is 0 Å². The number of rotatable bonds is 3. The number of benzene rings is 2. The smallest absolute Gasteiger partial charge is 0.129 e. The standard InChI is InChI=1S/C17H16O3/c18-16-10-20-17-8-13(5-6-15(16)17)19-9-12-7-11-3-1-2-4-14(11)12/h1-6,8,12,16,18H,7,9-10H2. The Hall–Kier alpha value is -2.00. The first-order valence-corrected chi connectivity index (χ1v) is 6.96.